The number of hydrogen-bond acceptors (Lipinski definition) is 3. The highest BCUT2D eigenvalue weighted by Crippen LogP contribution is 2.19. The predicted molar refractivity (Wildman–Crippen MR) is 59.1 cm³/mol. The number of aliphatic carboxylic acids is 1. The number of carbonyl (C=O) groups is 1. The molecule has 0 aromatic carbocycles. The van der Waals surface area contributed by atoms with Crippen molar-refractivity contribution in [2.24, 2.45) is 5.92 Å². The van der Waals surface area contributed by atoms with Crippen LogP contribution in [0.4, 0.5) is 0 Å². The molecule has 1 fully saturated rings. The van der Waals surface area contributed by atoms with E-state index in [4.69, 9.17) is 9.52 Å². The van der Waals surface area contributed by atoms with Gasteiger partial charge in [-0.15, -0.1) is 0 Å². The van der Waals surface area contributed by atoms with E-state index in [1.54, 1.807) is 0 Å². The SMILES string of the molecule is CCc1ccc(CN2CCC(C(=O)O)C2)o1. The molecule has 1 unspecified atom stereocenters. The second-order valence-electron chi connectivity index (χ2n) is 4.28. The summed E-state index contributed by atoms with van der Waals surface area (Å²) in [5.41, 5.74) is 0. The first-order valence-electron chi connectivity index (χ1n) is 5.71. The molecule has 1 aromatic rings. The summed E-state index contributed by atoms with van der Waals surface area (Å²) in [6.07, 6.45) is 1.65. The third-order valence-corrected chi connectivity index (χ3v) is 3.07. The Morgan fingerprint density at radius 1 is 1.56 bits per heavy atom. The second-order valence-corrected chi connectivity index (χ2v) is 4.28. The van der Waals surface area contributed by atoms with Gasteiger partial charge in [0.25, 0.3) is 0 Å². The molecule has 2 heterocycles. The Labute approximate surface area is 94.9 Å². The number of carboxylic acids is 1. The molecule has 0 saturated carbocycles. The van der Waals surface area contributed by atoms with E-state index in [1.165, 1.54) is 0 Å². The molecule has 1 saturated heterocycles. The average molecular weight is 223 g/mol. The molecule has 4 heteroatoms. The number of furan rings is 1. The Morgan fingerprint density at radius 2 is 2.31 bits per heavy atom. The Hall–Kier alpha value is -1.29. The molecule has 0 spiro atoms. The first-order chi connectivity index (χ1) is 7.69. The Balaban J connectivity index is 1.89. The third-order valence-electron chi connectivity index (χ3n) is 3.07. The van der Waals surface area contributed by atoms with Crippen molar-refractivity contribution in [2.45, 2.75) is 26.3 Å². The summed E-state index contributed by atoms with van der Waals surface area (Å²) in [6, 6.07) is 3.97. The number of carboxylic acid groups (broad SMARTS) is 1. The van der Waals surface area contributed by atoms with Crippen molar-refractivity contribution in [1.82, 2.24) is 4.90 Å². The van der Waals surface area contributed by atoms with Crippen LogP contribution in [0, 0.1) is 5.92 Å². The number of nitrogens with zero attached hydrogens (tertiary/aromatic N) is 1. The maximum Gasteiger partial charge on any atom is 0.307 e. The van der Waals surface area contributed by atoms with Gasteiger partial charge in [-0.25, -0.2) is 0 Å². The molecule has 88 valence electrons. The van der Waals surface area contributed by atoms with Crippen LogP contribution < -0.4 is 0 Å². The Kier molecular flexibility index (Phi) is 3.29. The largest absolute Gasteiger partial charge is 0.481 e. The average Bonchev–Trinajstić information content (AvgIpc) is 2.87. The van der Waals surface area contributed by atoms with Crippen molar-refractivity contribution < 1.29 is 14.3 Å². The van der Waals surface area contributed by atoms with Gasteiger partial charge in [-0.2, -0.15) is 0 Å². The van der Waals surface area contributed by atoms with Crippen LogP contribution in [-0.4, -0.2) is 29.1 Å². The second kappa shape index (κ2) is 4.70. The quantitative estimate of drug-likeness (QED) is 0.844. The van der Waals surface area contributed by atoms with Crippen molar-refractivity contribution in [3.05, 3.63) is 23.7 Å². The van der Waals surface area contributed by atoms with Crippen molar-refractivity contribution >= 4 is 5.97 Å². The monoisotopic (exact) mass is 223 g/mol. The summed E-state index contributed by atoms with van der Waals surface area (Å²) in [5.74, 6) is 1.03. The van der Waals surface area contributed by atoms with Crippen LogP contribution in [0.2, 0.25) is 0 Å². The lowest BCUT2D eigenvalue weighted by Gasteiger charge is -2.12. The summed E-state index contributed by atoms with van der Waals surface area (Å²) < 4.78 is 5.60. The van der Waals surface area contributed by atoms with Crippen LogP contribution in [0.3, 0.4) is 0 Å². The van der Waals surface area contributed by atoms with Gasteiger partial charge in [0, 0.05) is 13.0 Å². The van der Waals surface area contributed by atoms with Gasteiger partial charge in [0.1, 0.15) is 11.5 Å². The minimum atomic E-state index is -0.684. The highest BCUT2D eigenvalue weighted by molar-refractivity contribution is 5.70. The Bertz CT molecular complexity index is 372. The minimum absolute atomic E-state index is 0.208. The van der Waals surface area contributed by atoms with Crippen molar-refractivity contribution in [2.75, 3.05) is 13.1 Å². The lowest BCUT2D eigenvalue weighted by atomic mass is 10.1. The minimum Gasteiger partial charge on any atom is -0.481 e. The van der Waals surface area contributed by atoms with Gasteiger partial charge in [0.05, 0.1) is 12.5 Å². The number of rotatable bonds is 4. The van der Waals surface area contributed by atoms with Crippen LogP contribution in [0.5, 0.6) is 0 Å². The zero-order chi connectivity index (χ0) is 11.5. The van der Waals surface area contributed by atoms with E-state index in [2.05, 4.69) is 11.8 Å². The van der Waals surface area contributed by atoms with Crippen LogP contribution in [0.25, 0.3) is 0 Å². The fourth-order valence-electron chi connectivity index (χ4n) is 2.10. The molecule has 0 amide bonds. The highest BCUT2D eigenvalue weighted by atomic mass is 16.4. The van der Waals surface area contributed by atoms with Crippen molar-refractivity contribution in [3.63, 3.8) is 0 Å². The summed E-state index contributed by atoms with van der Waals surface area (Å²) in [4.78, 5) is 12.9. The molecule has 1 atom stereocenters. The molecule has 16 heavy (non-hydrogen) atoms. The first-order valence-corrected chi connectivity index (χ1v) is 5.71. The molecule has 0 radical (unpaired) electrons. The van der Waals surface area contributed by atoms with Crippen molar-refractivity contribution in [1.29, 1.82) is 0 Å². The molecule has 0 aliphatic carbocycles. The number of likely N-dealkylation sites (tertiary alicyclic amines) is 1. The van der Waals surface area contributed by atoms with Gasteiger partial charge >= 0.3 is 5.97 Å². The van der Waals surface area contributed by atoms with Crippen LogP contribution in [0.15, 0.2) is 16.5 Å². The van der Waals surface area contributed by atoms with Crippen LogP contribution >= 0.6 is 0 Å². The van der Waals surface area contributed by atoms with Crippen LogP contribution in [0.1, 0.15) is 24.9 Å². The summed E-state index contributed by atoms with van der Waals surface area (Å²) >= 11 is 0. The van der Waals surface area contributed by atoms with E-state index in [1.807, 2.05) is 12.1 Å². The van der Waals surface area contributed by atoms with Gasteiger partial charge in [-0.05, 0) is 25.1 Å². The highest BCUT2D eigenvalue weighted by Gasteiger charge is 2.28. The van der Waals surface area contributed by atoms with Gasteiger partial charge in [0.2, 0.25) is 0 Å². The fourth-order valence-corrected chi connectivity index (χ4v) is 2.10. The summed E-state index contributed by atoms with van der Waals surface area (Å²) in [5, 5.41) is 8.89. The maximum absolute atomic E-state index is 10.8. The van der Waals surface area contributed by atoms with Crippen molar-refractivity contribution in [3.8, 4) is 0 Å². The molecule has 1 aliphatic heterocycles. The van der Waals surface area contributed by atoms with E-state index in [0.717, 1.165) is 37.5 Å². The third kappa shape index (κ3) is 2.44. The smallest absolute Gasteiger partial charge is 0.307 e. The fraction of sp³-hybridized carbons (Fsp3) is 0.583. The lowest BCUT2D eigenvalue weighted by Crippen LogP contribution is -2.22. The van der Waals surface area contributed by atoms with E-state index in [-0.39, 0.29) is 5.92 Å². The number of hydrogen-bond donors (Lipinski definition) is 1. The molecule has 1 N–H and O–H groups in total. The number of aryl methyl sites for hydroxylation is 1. The molecule has 2 rings (SSSR count). The predicted octanol–water partition coefficient (Wildman–Crippen LogP) is 1.75. The zero-order valence-electron chi connectivity index (χ0n) is 9.48. The van der Waals surface area contributed by atoms with E-state index < -0.39 is 5.97 Å². The molecular formula is C12H17NO3. The summed E-state index contributed by atoms with van der Waals surface area (Å²) in [7, 11) is 0. The van der Waals surface area contributed by atoms with Gasteiger partial charge < -0.3 is 9.52 Å². The maximum atomic E-state index is 10.8. The standard InChI is InChI=1S/C12H17NO3/c1-2-10-3-4-11(16-10)8-13-6-5-9(7-13)12(14)15/h3-4,9H,2,5-8H2,1H3,(H,14,15). The van der Waals surface area contributed by atoms with Gasteiger partial charge in [-0.3, -0.25) is 9.69 Å². The molecule has 4 nitrogen and oxygen atoms in total. The van der Waals surface area contributed by atoms with E-state index >= 15 is 0 Å². The normalized spacial score (nSPS) is 21.4. The topological polar surface area (TPSA) is 53.7 Å². The van der Waals surface area contributed by atoms with Gasteiger partial charge in [-0.1, -0.05) is 6.92 Å². The molecule has 1 aromatic heterocycles. The molecular weight excluding hydrogens is 206 g/mol. The lowest BCUT2D eigenvalue weighted by molar-refractivity contribution is -0.141. The first kappa shape index (κ1) is 11.2. The molecule has 1 aliphatic rings. The Morgan fingerprint density at radius 3 is 2.88 bits per heavy atom. The molecule has 0 bridgehead atoms. The van der Waals surface area contributed by atoms with Gasteiger partial charge in [0.15, 0.2) is 0 Å². The zero-order valence-corrected chi connectivity index (χ0v) is 9.48. The van der Waals surface area contributed by atoms with Crippen LogP contribution in [-0.2, 0) is 17.8 Å². The summed E-state index contributed by atoms with van der Waals surface area (Å²) in [6.45, 7) is 4.26. The van der Waals surface area contributed by atoms with E-state index in [0.29, 0.717) is 6.54 Å². The van der Waals surface area contributed by atoms with E-state index in [9.17, 15) is 4.79 Å².